The van der Waals surface area contributed by atoms with Gasteiger partial charge in [-0.3, -0.25) is 0 Å². The molecule has 2 aromatic rings. The third kappa shape index (κ3) is 1.94. The van der Waals surface area contributed by atoms with E-state index >= 15 is 0 Å². The molecule has 0 radical (unpaired) electrons. The van der Waals surface area contributed by atoms with Crippen molar-refractivity contribution in [1.82, 2.24) is 4.98 Å². The third-order valence-corrected chi connectivity index (χ3v) is 3.03. The molecule has 1 heterocycles. The second-order valence-electron chi connectivity index (χ2n) is 3.31. The Morgan fingerprint density at radius 1 is 1.50 bits per heavy atom. The highest BCUT2D eigenvalue weighted by molar-refractivity contribution is 7.13. The highest BCUT2D eigenvalue weighted by atomic mass is 32.1. The van der Waals surface area contributed by atoms with Crippen LogP contribution in [0.5, 0.6) is 0 Å². The lowest BCUT2D eigenvalue weighted by Gasteiger charge is -1.99. The lowest BCUT2D eigenvalue weighted by molar-refractivity contribution is 0.0691. The minimum absolute atomic E-state index is 0.0130. The van der Waals surface area contributed by atoms with Gasteiger partial charge in [-0.05, 0) is 18.6 Å². The molecule has 0 saturated heterocycles. The summed E-state index contributed by atoms with van der Waals surface area (Å²) >= 11 is 1.19. The number of rotatable bonds is 2. The average Bonchev–Trinajstić information content (AvgIpc) is 2.71. The van der Waals surface area contributed by atoms with E-state index in [1.807, 2.05) is 0 Å². The van der Waals surface area contributed by atoms with E-state index in [1.165, 1.54) is 22.8 Å². The number of aryl methyl sites for hydroxylation is 1. The number of carbonyl (C=O) groups is 1. The van der Waals surface area contributed by atoms with E-state index in [-0.39, 0.29) is 11.5 Å². The number of carboxylic acid groups (broad SMARTS) is 1. The minimum atomic E-state index is -1.07. The van der Waals surface area contributed by atoms with Crippen LogP contribution in [-0.2, 0) is 0 Å². The topological polar surface area (TPSA) is 50.2 Å². The zero-order valence-electron chi connectivity index (χ0n) is 8.40. The fraction of sp³-hybridized carbons (Fsp3) is 0.0909. The van der Waals surface area contributed by atoms with Gasteiger partial charge in [-0.15, -0.1) is 11.3 Å². The quantitative estimate of drug-likeness (QED) is 0.873. The van der Waals surface area contributed by atoms with Crippen LogP contribution >= 0.6 is 11.3 Å². The van der Waals surface area contributed by atoms with Gasteiger partial charge in [0, 0.05) is 10.9 Å². The summed E-state index contributed by atoms with van der Waals surface area (Å²) in [7, 11) is 0. The maximum atomic E-state index is 13.3. The van der Waals surface area contributed by atoms with Gasteiger partial charge in [0.25, 0.3) is 0 Å². The highest BCUT2D eigenvalue weighted by Crippen LogP contribution is 2.25. The molecule has 1 aromatic carbocycles. The number of carboxylic acids is 1. The van der Waals surface area contributed by atoms with E-state index in [1.54, 1.807) is 19.1 Å². The van der Waals surface area contributed by atoms with E-state index < -0.39 is 5.97 Å². The summed E-state index contributed by atoms with van der Waals surface area (Å²) in [5.74, 6) is -1.39. The molecule has 0 saturated carbocycles. The van der Waals surface area contributed by atoms with Crippen LogP contribution < -0.4 is 0 Å². The zero-order chi connectivity index (χ0) is 11.7. The summed E-state index contributed by atoms with van der Waals surface area (Å²) < 4.78 is 13.3. The first kappa shape index (κ1) is 10.8. The van der Waals surface area contributed by atoms with E-state index in [4.69, 9.17) is 5.11 Å². The van der Waals surface area contributed by atoms with Gasteiger partial charge in [-0.2, -0.15) is 0 Å². The number of aromatic carboxylic acids is 1. The number of aromatic nitrogens is 1. The summed E-state index contributed by atoms with van der Waals surface area (Å²) in [5.41, 5.74) is 1.14. The van der Waals surface area contributed by atoms with Crippen molar-refractivity contribution < 1.29 is 14.3 Å². The lowest BCUT2D eigenvalue weighted by Crippen LogP contribution is -1.95. The molecule has 0 fully saturated rings. The van der Waals surface area contributed by atoms with Crippen molar-refractivity contribution in [3.8, 4) is 10.6 Å². The molecule has 2 rings (SSSR count). The number of benzene rings is 1. The predicted molar refractivity (Wildman–Crippen MR) is 59.2 cm³/mol. The van der Waals surface area contributed by atoms with Gasteiger partial charge in [-0.25, -0.2) is 14.2 Å². The van der Waals surface area contributed by atoms with E-state index in [2.05, 4.69) is 4.98 Å². The summed E-state index contributed by atoms with van der Waals surface area (Å²) in [5, 5.41) is 10.7. The summed E-state index contributed by atoms with van der Waals surface area (Å²) in [4.78, 5) is 14.5. The van der Waals surface area contributed by atoms with Crippen LogP contribution in [0.4, 0.5) is 4.39 Å². The molecule has 0 aliphatic heterocycles. The average molecular weight is 237 g/mol. The highest BCUT2D eigenvalue weighted by Gasteiger charge is 2.10. The monoisotopic (exact) mass is 237 g/mol. The molecular weight excluding hydrogens is 229 g/mol. The minimum Gasteiger partial charge on any atom is -0.476 e. The maximum Gasteiger partial charge on any atom is 0.355 e. The van der Waals surface area contributed by atoms with Crippen molar-refractivity contribution in [2.45, 2.75) is 6.92 Å². The second-order valence-corrected chi connectivity index (χ2v) is 4.17. The molecule has 82 valence electrons. The molecule has 1 N–H and O–H groups in total. The smallest absolute Gasteiger partial charge is 0.355 e. The Morgan fingerprint density at radius 2 is 2.25 bits per heavy atom. The first-order valence-corrected chi connectivity index (χ1v) is 5.41. The van der Waals surface area contributed by atoms with Crippen molar-refractivity contribution in [2.75, 3.05) is 0 Å². The molecule has 0 atom stereocenters. The number of hydrogen-bond donors (Lipinski definition) is 1. The largest absolute Gasteiger partial charge is 0.476 e. The van der Waals surface area contributed by atoms with Crippen molar-refractivity contribution in [2.24, 2.45) is 0 Å². The molecular formula is C11H8FNO2S. The fourth-order valence-corrected chi connectivity index (χ4v) is 2.02. The number of halogens is 1. The van der Waals surface area contributed by atoms with Crippen molar-refractivity contribution in [1.29, 1.82) is 0 Å². The Morgan fingerprint density at radius 3 is 2.81 bits per heavy atom. The van der Waals surface area contributed by atoms with Crippen molar-refractivity contribution in [3.05, 3.63) is 40.7 Å². The lowest BCUT2D eigenvalue weighted by atomic mass is 10.1. The van der Waals surface area contributed by atoms with Gasteiger partial charge >= 0.3 is 5.97 Å². The van der Waals surface area contributed by atoms with Crippen LogP contribution in [0, 0.1) is 12.7 Å². The van der Waals surface area contributed by atoms with Gasteiger partial charge in [0.05, 0.1) is 0 Å². The molecule has 0 unspecified atom stereocenters. The molecule has 1 aromatic heterocycles. The standard InChI is InChI=1S/C11H8FNO2S/c1-6-2-3-7(4-8(6)12)10-13-9(5-16-10)11(14)15/h2-5H,1H3,(H,14,15). The van der Waals surface area contributed by atoms with E-state index in [9.17, 15) is 9.18 Å². The van der Waals surface area contributed by atoms with Gasteiger partial charge < -0.3 is 5.11 Å². The van der Waals surface area contributed by atoms with Crippen LogP contribution in [0.15, 0.2) is 23.6 Å². The van der Waals surface area contributed by atoms with Crippen LogP contribution in [0.2, 0.25) is 0 Å². The first-order chi connectivity index (χ1) is 7.58. The van der Waals surface area contributed by atoms with Gasteiger partial charge in [0.15, 0.2) is 5.69 Å². The molecule has 0 amide bonds. The van der Waals surface area contributed by atoms with E-state index in [0.29, 0.717) is 16.1 Å². The molecule has 0 bridgehead atoms. The molecule has 16 heavy (non-hydrogen) atoms. The number of hydrogen-bond acceptors (Lipinski definition) is 3. The molecule has 0 spiro atoms. The van der Waals surface area contributed by atoms with Gasteiger partial charge in [0.1, 0.15) is 10.8 Å². The normalized spacial score (nSPS) is 10.4. The van der Waals surface area contributed by atoms with Gasteiger partial charge in [0.2, 0.25) is 0 Å². The first-order valence-electron chi connectivity index (χ1n) is 4.53. The molecule has 5 heteroatoms. The summed E-state index contributed by atoms with van der Waals surface area (Å²) in [6, 6.07) is 4.73. The number of nitrogens with zero attached hydrogens (tertiary/aromatic N) is 1. The number of thiazole rings is 1. The molecule has 3 nitrogen and oxygen atoms in total. The Labute approximate surface area is 95.2 Å². The predicted octanol–water partition coefficient (Wildman–Crippen LogP) is 2.96. The Kier molecular flexibility index (Phi) is 2.70. The Bertz CT molecular complexity index is 551. The van der Waals surface area contributed by atoms with Gasteiger partial charge in [-0.1, -0.05) is 12.1 Å². The van der Waals surface area contributed by atoms with E-state index in [0.717, 1.165) is 0 Å². The SMILES string of the molecule is Cc1ccc(-c2nc(C(=O)O)cs2)cc1F. The van der Waals surface area contributed by atoms with Crippen molar-refractivity contribution in [3.63, 3.8) is 0 Å². The van der Waals surface area contributed by atoms with Crippen LogP contribution in [0.3, 0.4) is 0 Å². The molecule has 0 aliphatic rings. The second kappa shape index (κ2) is 4.02. The van der Waals surface area contributed by atoms with Crippen LogP contribution in [-0.4, -0.2) is 16.1 Å². The molecule has 0 aliphatic carbocycles. The summed E-state index contributed by atoms with van der Waals surface area (Å²) in [6.45, 7) is 1.67. The zero-order valence-corrected chi connectivity index (χ0v) is 9.21. The van der Waals surface area contributed by atoms with Crippen LogP contribution in [0.25, 0.3) is 10.6 Å². The van der Waals surface area contributed by atoms with Crippen LogP contribution in [0.1, 0.15) is 16.1 Å². The third-order valence-electron chi connectivity index (χ3n) is 2.14. The maximum absolute atomic E-state index is 13.3. The summed E-state index contributed by atoms with van der Waals surface area (Å²) in [6.07, 6.45) is 0. The fourth-order valence-electron chi connectivity index (χ4n) is 1.23. The van der Waals surface area contributed by atoms with Crippen molar-refractivity contribution >= 4 is 17.3 Å². The Balaban J connectivity index is 2.42. The Hall–Kier alpha value is -1.75.